The standard InChI is InChI=1S/C16H24N2O2/c1-12(20-2)3-10-16(19)18-15-6-4-13(5-7-15)11-17-14-8-9-14/h4-7,12,14,17H,3,8-11H2,1-2H3,(H,18,19). The van der Waals surface area contributed by atoms with Crippen molar-refractivity contribution in [2.24, 2.45) is 0 Å². The molecule has 1 aromatic carbocycles. The van der Waals surface area contributed by atoms with Gasteiger partial charge < -0.3 is 15.4 Å². The number of carbonyl (C=O) groups excluding carboxylic acids is 1. The summed E-state index contributed by atoms with van der Waals surface area (Å²) in [5.74, 6) is 0.0396. The number of carbonyl (C=O) groups is 1. The summed E-state index contributed by atoms with van der Waals surface area (Å²) >= 11 is 0. The van der Waals surface area contributed by atoms with Gasteiger partial charge in [-0.3, -0.25) is 4.79 Å². The molecule has 0 heterocycles. The first kappa shape index (κ1) is 15.0. The molecule has 1 aliphatic carbocycles. The lowest BCUT2D eigenvalue weighted by Crippen LogP contribution is -2.16. The van der Waals surface area contributed by atoms with Gasteiger partial charge in [0, 0.05) is 31.8 Å². The molecule has 1 unspecified atom stereocenters. The van der Waals surface area contributed by atoms with Crippen molar-refractivity contribution in [2.75, 3.05) is 12.4 Å². The molecule has 1 aliphatic rings. The summed E-state index contributed by atoms with van der Waals surface area (Å²) in [6.45, 7) is 2.87. The van der Waals surface area contributed by atoms with Crippen LogP contribution in [0.1, 0.15) is 38.2 Å². The van der Waals surface area contributed by atoms with Gasteiger partial charge in [-0.2, -0.15) is 0 Å². The smallest absolute Gasteiger partial charge is 0.224 e. The highest BCUT2D eigenvalue weighted by molar-refractivity contribution is 5.90. The lowest BCUT2D eigenvalue weighted by Gasteiger charge is -2.10. The summed E-state index contributed by atoms with van der Waals surface area (Å²) in [4.78, 5) is 11.8. The molecule has 1 aromatic rings. The third-order valence-electron chi connectivity index (χ3n) is 3.59. The van der Waals surface area contributed by atoms with Crippen molar-refractivity contribution in [1.82, 2.24) is 5.32 Å². The molecule has 20 heavy (non-hydrogen) atoms. The van der Waals surface area contributed by atoms with Crippen molar-refractivity contribution in [3.05, 3.63) is 29.8 Å². The highest BCUT2D eigenvalue weighted by Crippen LogP contribution is 2.19. The second-order valence-corrected chi connectivity index (χ2v) is 5.49. The highest BCUT2D eigenvalue weighted by atomic mass is 16.5. The summed E-state index contributed by atoms with van der Waals surface area (Å²) in [5.41, 5.74) is 2.11. The first-order chi connectivity index (χ1) is 9.67. The van der Waals surface area contributed by atoms with Gasteiger partial charge in [0.2, 0.25) is 5.91 Å². The van der Waals surface area contributed by atoms with E-state index in [-0.39, 0.29) is 12.0 Å². The number of rotatable bonds is 8. The van der Waals surface area contributed by atoms with Crippen LogP contribution in [0.4, 0.5) is 5.69 Å². The summed E-state index contributed by atoms with van der Waals surface area (Å²) in [6, 6.07) is 8.76. The molecule has 1 atom stereocenters. The van der Waals surface area contributed by atoms with Crippen LogP contribution in [0.5, 0.6) is 0 Å². The van der Waals surface area contributed by atoms with Gasteiger partial charge in [-0.1, -0.05) is 12.1 Å². The van der Waals surface area contributed by atoms with E-state index in [1.54, 1.807) is 7.11 Å². The van der Waals surface area contributed by atoms with Crippen LogP contribution in [0.15, 0.2) is 24.3 Å². The van der Waals surface area contributed by atoms with Crippen LogP contribution in [0.25, 0.3) is 0 Å². The Labute approximate surface area is 120 Å². The largest absolute Gasteiger partial charge is 0.382 e. The molecule has 2 N–H and O–H groups in total. The molecule has 1 fully saturated rings. The van der Waals surface area contributed by atoms with Crippen LogP contribution >= 0.6 is 0 Å². The predicted molar refractivity (Wildman–Crippen MR) is 80.6 cm³/mol. The topological polar surface area (TPSA) is 50.4 Å². The summed E-state index contributed by atoms with van der Waals surface area (Å²) in [6.07, 6.45) is 3.95. The Kier molecular flexibility index (Phi) is 5.56. The third kappa shape index (κ3) is 5.31. The van der Waals surface area contributed by atoms with E-state index < -0.39 is 0 Å². The summed E-state index contributed by atoms with van der Waals surface area (Å²) in [5, 5.41) is 6.38. The zero-order valence-corrected chi connectivity index (χ0v) is 12.3. The number of anilines is 1. The van der Waals surface area contributed by atoms with Crippen LogP contribution in [0.2, 0.25) is 0 Å². The normalized spacial score (nSPS) is 15.9. The second-order valence-electron chi connectivity index (χ2n) is 5.49. The van der Waals surface area contributed by atoms with E-state index in [1.807, 2.05) is 19.1 Å². The molecular formula is C16H24N2O2. The van der Waals surface area contributed by atoms with Crippen molar-refractivity contribution < 1.29 is 9.53 Å². The predicted octanol–water partition coefficient (Wildman–Crippen LogP) is 2.69. The van der Waals surface area contributed by atoms with Crippen LogP contribution < -0.4 is 10.6 Å². The van der Waals surface area contributed by atoms with Gasteiger partial charge in [0.1, 0.15) is 0 Å². The Morgan fingerprint density at radius 1 is 1.35 bits per heavy atom. The van der Waals surface area contributed by atoms with Gasteiger partial charge in [0.15, 0.2) is 0 Å². The number of methoxy groups -OCH3 is 1. The lowest BCUT2D eigenvalue weighted by molar-refractivity contribution is -0.116. The number of benzene rings is 1. The van der Waals surface area contributed by atoms with E-state index in [2.05, 4.69) is 22.8 Å². The van der Waals surface area contributed by atoms with Crippen LogP contribution in [0.3, 0.4) is 0 Å². The van der Waals surface area contributed by atoms with Crippen molar-refractivity contribution in [3.63, 3.8) is 0 Å². The number of nitrogens with one attached hydrogen (secondary N) is 2. The first-order valence-corrected chi connectivity index (χ1v) is 7.32. The lowest BCUT2D eigenvalue weighted by atomic mass is 10.2. The van der Waals surface area contributed by atoms with E-state index in [0.29, 0.717) is 6.42 Å². The molecule has 0 aromatic heterocycles. The summed E-state index contributed by atoms with van der Waals surface area (Å²) < 4.78 is 5.13. The molecular weight excluding hydrogens is 252 g/mol. The second kappa shape index (κ2) is 7.41. The van der Waals surface area contributed by atoms with E-state index in [9.17, 15) is 4.79 Å². The molecule has 0 aliphatic heterocycles. The van der Waals surface area contributed by atoms with Crippen molar-refractivity contribution in [1.29, 1.82) is 0 Å². The molecule has 0 saturated heterocycles. The molecule has 0 spiro atoms. The van der Waals surface area contributed by atoms with Gasteiger partial charge in [-0.05, 0) is 43.9 Å². The number of amides is 1. The van der Waals surface area contributed by atoms with E-state index in [0.717, 1.165) is 24.7 Å². The molecule has 1 saturated carbocycles. The van der Waals surface area contributed by atoms with Crippen molar-refractivity contribution >= 4 is 11.6 Å². The fraction of sp³-hybridized carbons (Fsp3) is 0.562. The molecule has 4 heteroatoms. The highest BCUT2D eigenvalue weighted by Gasteiger charge is 2.19. The van der Waals surface area contributed by atoms with Crippen molar-refractivity contribution in [3.8, 4) is 0 Å². The summed E-state index contributed by atoms with van der Waals surface area (Å²) in [7, 11) is 1.66. The Bertz CT molecular complexity index is 427. The molecule has 4 nitrogen and oxygen atoms in total. The number of hydrogen-bond donors (Lipinski definition) is 2. The van der Waals surface area contributed by atoms with Gasteiger partial charge in [-0.25, -0.2) is 0 Å². The Hall–Kier alpha value is -1.39. The van der Waals surface area contributed by atoms with Gasteiger partial charge >= 0.3 is 0 Å². The molecule has 2 rings (SSSR count). The minimum atomic E-state index is 0.0396. The fourth-order valence-electron chi connectivity index (χ4n) is 1.93. The quantitative estimate of drug-likeness (QED) is 0.767. The van der Waals surface area contributed by atoms with E-state index in [4.69, 9.17) is 4.74 Å². The van der Waals surface area contributed by atoms with Crippen LogP contribution in [-0.2, 0) is 16.1 Å². The van der Waals surface area contributed by atoms with E-state index in [1.165, 1.54) is 18.4 Å². The molecule has 1 amide bonds. The minimum Gasteiger partial charge on any atom is -0.382 e. The zero-order valence-electron chi connectivity index (χ0n) is 12.3. The maximum absolute atomic E-state index is 11.8. The Morgan fingerprint density at radius 3 is 2.65 bits per heavy atom. The van der Waals surface area contributed by atoms with E-state index >= 15 is 0 Å². The first-order valence-electron chi connectivity index (χ1n) is 7.32. The van der Waals surface area contributed by atoms with Crippen LogP contribution in [-0.4, -0.2) is 25.2 Å². The number of hydrogen-bond acceptors (Lipinski definition) is 3. The van der Waals surface area contributed by atoms with Gasteiger partial charge in [0.05, 0.1) is 6.10 Å². The Balaban J connectivity index is 1.72. The maximum atomic E-state index is 11.8. The van der Waals surface area contributed by atoms with Gasteiger partial charge in [-0.15, -0.1) is 0 Å². The number of ether oxygens (including phenoxy) is 1. The van der Waals surface area contributed by atoms with Gasteiger partial charge in [0.25, 0.3) is 0 Å². The minimum absolute atomic E-state index is 0.0396. The SMILES string of the molecule is COC(C)CCC(=O)Nc1ccc(CNC2CC2)cc1. The molecule has 110 valence electrons. The zero-order chi connectivity index (χ0) is 14.4. The molecule has 0 bridgehead atoms. The van der Waals surface area contributed by atoms with Crippen molar-refractivity contribution in [2.45, 2.75) is 51.3 Å². The third-order valence-corrected chi connectivity index (χ3v) is 3.59. The average Bonchev–Trinajstić information content (AvgIpc) is 3.28. The van der Waals surface area contributed by atoms with Crippen LogP contribution in [0, 0.1) is 0 Å². The monoisotopic (exact) mass is 276 g/mol. The fourth-order valence-corrected chi connectivity index (χ4v) is 1.93. The molecule has 0 radical (unpaired) electrons. The average molecular weight is 276 g/mol. The maximum Gasteiger partial charge on any atom is 0.224 e. The Morgan fingerprint density at radius 2 is 2.05 bits per heavy atom.